The fourth-order valence-corrected chi connectivity index (χ4v) is 1.92. The van der Waals surface area contributed by atoms with Gasteiger partial charge in [0.25, 0.3) is 0 Å². The van der Waals surface area contributed by atoms with Crippen molar-refractivity contribution in [2.45, 2.75) is 13.8 Å². The number of amides is 1. The van der Waals surface area contributed by atoms with Crippen molar-refractivity contribution >= 4 is 46.4 Å². The van der Waals surface area contributed by atoms with Gasteiger partial charge in [-0.05, 0) is 30.3 Å². The Hall–Kier alpha value is -1.85. The van der Waals surface area contributed by atoms with Crippen LogP contribution in [-0.2, 0) is 4.79 Å². The van der Waals surface area contributed by atoms with Crippen LogP contribution in [-0.4, -0.2) is 16.1 Å². The van der Waals surface area contributed by atoms with E-state index in [2.05, 4.69) is 20.8 Å². The van der Waals surface area contributed by atoms with Crippen molar-refractivity contribution in [2.75, 3.05) is 10.6 Å². The predicted molar refractivity (Wildman–Crippen MR) is 85.2 cm³/mol. The van der Waals surface area contributed by atoms with E-state index in [9.17, 15) is 4.79 Å². The smallest absolute Gasteiger partial charge is 0.228 e. The zero-order valence-electron chi connectivity index (χ0n) is 11.5. The summed E-state index contributed by atoms with van der Waals surface area (Å²) in [6.07, 6.45) is 0. The number of halogens is 2. The number of rotatable bonds is 4. The summed E-state index contributed by atoms with van der Waals surface area (Å²) in [5, 5.41) is 14.7. The molecule has 0 aliphatic heterocycles. The predicted octanol–water partition coefficient (Wildman–Crippen LogP) is 4.12. The molecule has 1 heterocycles. The van der Waals surface area contributed by atoms with Crippen LogP contribution in [0.4, 0.5) is 17.3 Å². The van der Waals surface area contributed by atoms with E-state index >= 15 is 0 Å². The van der Waals surface area contributed by atoms with Crippen molar-refractivity contribution in [2.24, 2.45) is 5.92 Å². The Kier molecular flexibility index (Phi) is 4.98. The third-order valence-corrected chi connectivity index (χ3v) is 3.18. The molecule has 0 unspecified atom stereocenters. The summed E-state index contributed by atoms with van der Waals surface area (Å²) in [6.45, 7) is 3.61. The first-order valence-corrected chi connectivity index (χ1v) is 7.08. The van der Waals surface area contributed by atoms with Crippen LogP contribution in [0.5, 0.6) is 0 Å². The van der Waals surface area contributed by atoms with E-state index in [1.807, 2.05) is 0 Å². The minimum atomic E-state index is -0.113. The van der Waals surface area contributed by atoms with Gasteiger partial charge in [0.15, 0.2) is 11.6 Å². The Bertz CT molecular complexity index is 644. The van der Waals surface area contributed by atoms with Crippen LogP contribution >= 0.6 is 23.2 Å². The van der Waals surface area contributed by atoms with Crippen molar-refractivity contribution < 1.29 is 4.79 Å². The Balaban J connectivity index is 2.07. The van der Waals surface area contributed by atoms with Crippen LogP contribution in [0.1, 0.15) is 13.8 Å². The lowest BCUT2D eigenvalue weighted by Crippen LogP contribution is -2.18. The number of carbonyl (C=O) groups excluding carboxylic acids is 1. The third-order valence-electron chi connectivity index (χ3n) is 2.63. The Morgan fingerprint density at radius 1 is 1.10 bits per heavy atom. The molecule has 0 aliphatic rings. The highest BCUT2D eigenvalue weighted by atomic mass is 35.5. The Morgan fingerprint density at radius 3 is 2.33 bits per heavy atom. The number of anilines is 3. The zero-order valence-corrected chi connectivity index (χ0v) is 13.0. The van der Waals surface area contributed by atoms with E-state index in [0.29, 0.717) is 27.4 Å². The van der Waals surface area contributed by atoms with Gasteiger partial charge in [-0.1, -0.05) is 37.0 Å². The summed E-state index contributed by atoms with van der Waals surface area (Å²) in [7, 11) is 0. The summed E-state index contributed by atoms with van der Waals surface area (Å²) in [5.74, 6) is 0.700. The van der Waals surface area contributed by atoms with Gasteiger partial charge in [0, 0.05) is 10.9 Å². The quantitative estimate of drug-likeness (QED) is 0.887. The average molecular weight is 325 g/mol. The fraction of sp³-hybridized carbons (Fsp3) is 0.214. The third kappa shape index (κ3) is 4.31. The minimum Gasteiger partial charge on any atom is -0.338 e. The molecule has 1 aromatic heterocycles. The standard InChI is InChI=1S/C14H14Cl2N4O/c1-8(2)14(21)18-13-6-5-12(19-20-13)17-11-4-3-9(15)7-10(11)16/h3-8H,1-2H3,(H,17,19)(H,18,20,21). The second-order valence-corrected chi connectivity index (χ2v) is 5.54. The topological polar surface area (TPSA) is 66.9 Å². The number of hydrogen-bond donors (Lipinski definition) is 2. The summed E-state index contributed by atoms with van der Waals surface area (Å²) in [6, 6.07) is 8.48. The van der Waals surface area contributed by atoms with E-state index in [0.717, 1.165) is 0 Å². The number of nitrogens with one attached hydrogen (secondary N) is 2. The summed E-state index contributed by atoms with van der Waals surface area (Å²) in [5.41, 5.74) is 0.675. The Labute approximate surface area is 132 Å². The number of carbonyl (C=O) groups is 1. The lowest BCUT2D eigenvalue weighted by Gasteiger charge is -2.09. The number of nitrogens with zero attached hydrogens (tertiary/aromatic N) is 2. The van der Waals surface area contributed by atoms with Crippen LogP contribution in [0.25, 0.3) is 0 Å². The molecule has 0 atom stereocenters. The van der Waals surface area contributed by atoms with Crippen LogP contribution in [0, 0.1) is 5.92 Å². The molecule has 2 rings (SSSR count). The molecule has 0 aliphatic carbocycles. The van der Waals surface area contributed by atoms with Crippen molar-refractivity contribution in [3.8, 4) is 0 Å². The summed E-state index contributed by atoms with van der Waals surface area (Å²) in [4.78, 5) is 11.5. The Morgan fingerprint density at radius 2 is 1.76 bits per heavy atom. The van der Waals surface area contributed by atoms with E-state index in [-0.39, 0.29) is 11.8 Å². The molecule has 0 bridgehead atoms. The lowest BCUT2D eigenvalue weighted by molar-refractivity contribution is -0.118. The number of benzene rings is 1. The number of hydrogen-bond acceptors (Lipinski definition) is 4. The van der Waals surface area contributed by atoms with Gasteiger partial charge in [-0.2, -0.15) is 0 Å². The SMILES string of the molecule is CC(C)C(=O)Nc1ccc(Nc2ccc(Cl)cc2Cl)nn1. The molecule has 0 radical (unpaired) electrons. The first-order chi connectivity index (χ1) is 9.95. The molecule has 0 saturated carbocycles. The second kappa shape index (κ2) is 6.74. The van der Waals surface area contributed by atoms with Crippen molar-refractivity contribution in [3.05, 3.63) is 40.4 Å². The maximum atomic E-state index is 11.5. The summed E-state index contributed by atoms with van der Waals surface area (Å²) < 4.78 is 0. The van der Waals surface area contributed by atoms with Gasteiger partial charge in [0.1, 0.15) is 0 Å². The number of aromatic nitrogens is 2. The molecule has 21 heavy (non-hydrogen) atoms. The first-order valence-electron chi connectivity index (χ1n) is 6.32. The van der Waals surface area contributed by atoms with Gasteiger partial charge in [0.05, 0.1) is 10.7 Å². The van der Waals surface area contributed by atoms with Crippen LogP contribution < -0.4 is 10.6 Å². The minimum absolute atomic E-state index is 0.106. The van der Waals surface area contributed by atoms with E-state index in [4.69, 9.17) is 23.2 Å². The van der Waals surface area contributed by atoms with Crippen LogP contribution in [0.2, 0.25) is 10.0 Å². The van der Waals surface area contributed by atoms with Crippen molar-refractivity contribution in [1.82, 2.24) is 10.2 Å². The summed E-state index contributed by atoms with van der Waals surface area (Å²) >= 11 is 11.9. The van der Waals surface area contributed by atoms with Gasteiger partial charge in [-0.3, -0.25) is 4.79 Å². The van der Waals surface area contributed by atoms with Gasteiger partial charge in [-0.15, -0.1) is 10.2 Å². The highest BCUT2D eigenvalue weighted by Crippen LogP contribution is 2.27. The van der Waals surface area contributed by atoms with E-state index < -0.39 is 0 Å². The van der Waals surface area contributed by atoms with Crippen LogP contribution in [0.15, 0.2) is 30.3 Å². The molecule has 0 spiro atoms. The second-order valence-electron chi connectivity index (χ2n) is 4.70. The fourth-order valence-electron chi connectivity index (χ4n) is 1.46. The molecule has 1 aromatic carbocycles. The molecule has 110 valence electrons. The van der Waals surface area contributed by atoms with Crippen LogP contribution in [0.3, 0.4) is 0 Å². The van der Waals surface area contributed by atoms with Crippen molar-refractivity contribution in [1.29, 1.82) is 0 Å². The zero-order chi connectivity index (χ0) is 15.4. The molecular weight excluding hydrogens is 311 g/mol. The maximum absolute atomic E-state index is 11.5. The lowest BCUT2D eigenvalue weighted by atomic mass is 10.2. The molecule has 1 amide bonds. The maximum Gasteiger partial charge on any atom is 0.228 e. The van der Waals surface area contributed by atoms with E-state index in [1.165, 1.54) is 0 Å². The monoisotopic (exact) mass is 324 g/mol. The molecule has 7 heteroatoms. The molecule has 2 N–H and O–H groups in total. The first kappa shape index (κ1) is 15.5. The molecular formula is C14H14Cl2N4O. The molecule has 5 nitrogen and oxygen atoms in total. The van der Waals surface area contributed by atoms with Gasteiger partial charge >= 0.3 is 0 Å². The molecule has 2 aromatic rings. The van der Waals surface area contributed by atoms with Gasteiger partial charge in [-0.25, -0.2) is 0 Å². The highest BCUT2D eigenvalue weighted by molar-refractivity contribution is 6.36. The molecule has 0 saturated heterocycles. The molecule has 0 fully saturated rings. The normalized spacial score (nSPS) is 10.5. The van der Waals surface area contributed by atoms with Gasteiger partial charge in [0.2, 0.25) is 5.91 Å². The van der Waals surface area contributed by atoms with Gasteiger partial charge < -0.3 is 10.6 Å². The van der Waals surface area contributed by atoms with Crippen molar-refractivity contribution in [3.63, 3.8) is 0 Å². The largest absolute Gasteiger partial charge is 0.338 e. The highest BCUT2D eigenvalue weighted by Gasteiger charge is 2.08. The average Bonchev–Trinajstić information content (AvgIpc) is 2.43. The van der Waals surface area contributed by atoms with E-state index in [1.54, 1.807) is 44.2 Å².